The zero-order valence-electron chi connectivity index (χ0n) is 15.0. The van der Waals surface area contributed by atoms with E-state index in [1.807, 2.05) is 6.07 Å². The van der Waals surface area contributed by atoms with Gasteiger partial charge in [-0.3, -0.25) is 14.3 Å². The van der Waals surface area contributed by atoms with Crippen LogP contribution in [0.4, 0.5) is 0 Å². The zero-order chi connectivity index (χ0) is 19.4. The van der Waals surface area contributed by atoms with Crippen molar-refractivity contribution in [2.24, 2.45) is 5.92 Å². The number of benzene rings is 1. The molecule has 0 amide bonds. The highest BCUT2D eigenvalue weighted by Gasteiger charge is 2.35. The molecule has 1 saturated heterocycles. The summed E-state index contributed by atoms with van der Waals surface area (Å²) in [5, 5.41) is 0. The van der Waals surface area contributed by atoms with E-state index in [0.29, 0.717) is 29.7 Å². The Morgan fingerprint density at radius 3 is 2.78 bits per heavy atom. The quantitative estimate of drug-likeness (QED) is 0.581. The summed E-state index contributed by atoms with van der Waals surface area (Å²) < 4.78 is 12.7. The van der Waals surface area contributed by atoms with Gasteiger partial charge in [0.2, 0.25) is 0 Å². The van der Waals surface area contributed by atoms with Crippen molar-refractivity contribution in [3.63, 3.8) is 0 Å². The van der Waals surface area contributed by atoms with Crippen LogP contribution in [0.5, 0.6) is 0 Å². The third kappa shape index (κ3) is 4.51. The number of carbonyl (C=O) groups is 1. The number of rotatable bonds is 6. The predicted octanol–water partition coefficient (Wildman–Crippen LogP) is 1.93. The molecule has 1 fully saturated rings. The van der Waals surface area contributed by atoms with Gasteiger partial charge < -0.3 is 9.47 Å². The molecule has 2 aromatic rings. The Hall–Kier alpha value is -2.32. The number of aromatic nitrogens is 2. The van der Waals surface area contributed by atoms with Crippen LogP contribution < -0.4 is 11.2 Å². The second-order valence-electron chi connectivity index (χ2n) is 6.58. The number of thiol groups is 1. The van der Waals surface area contributed by atoms with E-state index in [4.69, 9.17) is 9.47 Å². The molecular weight excluding hydrogens is 368 g/mol. The number of esters is 1. The fourth-order valence-electron chi connectivity index (χ4n) is 3.18. The van der Waals surface area contributed by atoms with Crippen LogP contribution in [0.1, 0.15) is 35.0 Å². The lowest BCUT2D eigenvalue weighted by molar-refractivity contribution is -0.0195. The van der Waals surface area contributed by atoms with Gasteiger partial charge in [-0.15, -0.1) is 0 Å². The molecule has 2 heterocycles. The maximum absolute atomic E-state index is 12.1. The molecule has 0 bridgehead atoms. The van der Waals surface area contributed by atoms with Crippen molar-refractivity contribution in [1.29, 1.82) is 0 Å². The van der Waals surface area contributed by atoms with E-state index < -0.39 is 17.5 Å². The monoisotopic (exact) mass is 390 g/mol. The topological polar surface area (TPSA) is 90.4 Å². The Labute approximate surface area is 161 Å². The van der Waals surface area contributed by atoms with Crippen LogP contribution in [0, 0.1) is 12.8 Å². The van der Waals surface area contributed by atoms with Crippen molar-refractivity contribution in [1.82, 2.24) is 9.55 Å². The summed E-state index contributed by atoms with van der Waals surface area (Å²) in [6.45, 7) is 1.86. The first kappa shape index (κ1) is 19.4. The summed E-state index contributed by atoms with van der Waals surface area (Å²) in [4.78, 5) is 37.9. The fraction of sp³-hybridized carbons (Fsp3) is 0.421. The highest BCUT2D eigenvalue weighted by atomic mass is 32.1. The molecule has 8 heteroatoms. The smallest absolute Gasteiger partial charge is 0.338 e. The van der Waals surface area contributed by atoms with Crippen molar-refractivity contribution in [2.75, 3.05) is 12.4 Å². The van der Waals surface area contributed by atoms with Crippen LogP contribution >= 0.6 is 12.6 Å². The van der Waals surface area contributed by atoms with Gasteiger partial charge in [-0.2, -0.15) is 12.6 Å². The third-order valence-electron chi connectivity index (χ3n) is 4.70. The molecule has 0 unspecified atom stereocenters. The van der Waals surface area contributed by atoms with Crippen molar-refractivity contribution < 1.29 is 14.3 Å². The van der Waals surface area contributed by atoms with Crippen LogP contribution in [-0.2, 0) is 9.47 Å². The zero-order valence-corrected chi connectivity index (χ0v) is 15.9. The minimum atomic E-state index is -0.496. The second kappa shape index (κ2) is 8.58. The molecule has 1 aliphatic rings. The molecule has 0 radical (unpaired) electrons. The molecule has 0 saturated carbocycles. The van der Waals surface area contributed by atoms with Crippen LogP contribution in [0.25, 0.3) is 0 Å². The largest absolute Gasteiger partial charge is 0.462 e. The molecule has 7 nitrogen and oxygen atoms in total. The van der Waals surface area contributed by atoms with Gasteiger partial charge in [0.05, 0.1) is 18.3 Å². The highest BCUT2D eigenvalue weighted by molar-refractivity contribution is 7.80. The van der Waals surface area contributed by atoms with Gasteiger partial charge in [0.15, 0.2) is 0 Å². The normalized spacial score (nSPS) is 21.9. The fourth-order valence-corrected chi connectivity index (χ4v) is 3.56. The van der Waals surface area contributed by atoms with E-state index >= 15 is 0 Å². The van der Waals surface area contributed by atoms with Crippen LogP contribution in [0.3, 0.4) is 0 Å². The summed E-state index contributed by atoms with van der Waals surface area (Å²) in [5.41, 5.74) is 0.0543. The molecule has 3 atom stereocenters. The molecule has 0 aliphatic carbocycles. The van der Waals surface area contributed by atoms with Gasteiger partial charge >= 0.3 is 11.7 Å². The van der Waals surface area contributed by atoms with Gasteiger partial charge in [0.25, 0.3) is 5.56 Å². The lowest BCUT2D eigenvalue weighted by Gasteiger charge is -2.17. The standard InChI is InChI=1S/C19H22N2O5S/c1-12-10-21(19(24)20-17(12)22)16-9-14(11-27)15(26-16)7-8-25-18(23)13-5-3-2-4-6-13/h2-6,10,14-16,27H,7-9,11H2,1H3,(H,20,22,24)/t14-,15-,16-/m1/s1. The Morgan fingerprint density at radius 2 is 2.07 bits per heavy atom. The van der Waals surface area contributed by atoms with Crippen LogP contribution in [-0.4, -0.2) is 34.0 Å². The van der Waals surface area contributed by atoms with Crippen molar-refractivity contribution >= 4 is 18.6 Å². The van der Waals surface area contributed by atoms with E-state index in [0.717, 1.165) is 0 Å². The van der Waals surface area contributed by atoms with E-state index in [9.17, 15) is 14.4 Å². The number of hydrogen-bond donors (Lipinski definition) is 2. The Kier molecular flexibility index (Phi) is 6.18. The molecule has 27 heavy (non-hydrogen) atoms. The summed E-state index contributed by atoms with van der Waals surface area (Å²) >= 11 is 4.38. The molecule has 1 aromatic heterocycles. The third-order valence-corrected chi connectivity index (χ3v) is 5.17. The van der Waals surface area contributed by atoms with Crippen molar-refractivity contribution in [3.8, 4) is 0 Å². The summed E-state index contributed by atoms with van der Waals surface area (Å²) in [7, 11) is 0. The van der Waals surface area contributed by atoms with Gasteiger partial charge in [0.1, 0.15) is 6.23 Å². The van der Waals surface area contributed by atoms with Gasteiger partial charge in [0, 0.05) is 18.2 Å². The van der Waals surface area contributed by atoms with E-state index in [-0.39, 0.29) is 24.6 Å². The van der Waals surface area contributed by atoms with Crippen LogP contribution in [0.15, 0.2) is 46.1 Å². The Morgan fingerprint density at radius 1 is 1.33 bits per heavy atom. The molecule has 1 aliphatic heterocycles. The number of nitrogens with zero attached hydrogens (tertiary/aromatic N) is 1. The first-order valence-electron chi connectivity index (χ1n) is 8.80. The summed E-state index contributed by atoms with van der Waals surface area (Å²) in [6.07, 6.45) is 1.97. The summed E-state index contributed by atoms with van der Waals surface area (Å²) in [5.74, 6) is 0.332. The first-order chi connectivity index (χ1) is 13.0. The van der Waals surface area contributed by atoms with Gasteiger partial charge in [-0.1, -0.05) is 18.2 Å². The molecule has 144 valence electrons. The number of aryl methyl sites for hydroxylation is 1. The number of ether oxygens (including phenoxy) is 2. The maximum atomic E-state index is 12.1. The number of nitrogens with one attached hydrogen (secondary N) is 1. The van der Waals surface area contributed by atoms with Gasteiger partial charge in [-0.05, 0) is 37.1 Å². The average molecular weight is 390 g/mol. The van der Waals surface area contributed by atoms with Gasteiger partial charge in [-0.25, -0.2) is 9.59 Å². The van der Waals surface area contributed by atoms with E-state index in [1.165, 1.54) is 10.8 Å². The lowest BCUT2D eigenvalue weighted by atomic mass is 10.0. The molecular formula is C19H22N2O5S. The lowest BCUT2D eigenvalue weighted by Crippen LogP contribution is -2.33. The van der Waals surface area contributed by atoms with Crippen molar-refractivity contribution in [3.05, 3.63) is 68.5 Å². The van der Waals surface area contributed by atoms with Crippen LogP contribution in [0.2, 0.25) is 0 Å². The Balaban J connectivity index is 1.61. The number of carbonyl (C=O) groups excluding carboxylic acids is 1. The number of aromatic amines is 1. The minimum absolute atomic E-state index is 0.118. The highest BCUT2D eigenvalue weighted by Crippen LogP contribution is 2.35. The minimum Gasteiger partial charge on any atom is -0.462 e. The van der Waals surface area contributed by atoms with E-state index in [1.54, 1.807) is 31.2 Å². The Bertz CT molecular complexity index is 908. The predicted molar refractivity (Wildman–Crippen MR) is 103 cm³/mol. The molecule has 1 N–H and O–H groups in total. The van der Waals surface area contributed by atoms with E-state index in [2.05, 4.69) is 17.6 Å². The molecule has 0 spiro atoms. The second-order valence-corrected chi connectivity index (χ2v) is 6.94. The number of hydrogen-bond acceptors (Lipinski definition) is 6. The molecule has 3 rings (SSSR count). The summed E-state index contributed by atoms with van der Waals surface area (Å²) in [6, 6.07) is 8.79. The number of H-pyrrole nitrogens is 1. The maximum Gasteiger partial charge on any atom is 0.338 e. The average Bonchev–Trinajstić information content (AvgIpc) is 3.08. The molecule has 1 aromatic carbocycles. The SMILES string of the molecule is Cc1cn([C@H]2C[C@H](CS)[C@@H](CCOC(=O)c3ccccc3)O2)c(=O)[nH]c1=O. The van der Waals surface area contributed by atoms with Crippen molar-refractivity contribution in [2.45, 2.75) is 32.1 Å². The first-order valence-corrected chi connectivity index (χ1v) is 9.43.